The number of hydrogen-bond acceptors (Lipinski definition) is 2. The number of nitrogens with zero attached hydrogens (tertiary/aromatic N) is 2. The Balaban J connectivity index is 1.94. The lowest BCUT2D eigenvalue weighted by atomic mass is 10.2. The Morgan fingerprint density at radius 1 is 1.29 bits per heavy atom. The first-order chi connectivity index (χ1) is 8.24. The molecule has 1 atom stereocenters. The van der Waals surface area contributed by atoms with Crippen LogP contribution < -0.4 is 0 Å². The lowest BCUT2D eigenvalue weighted by Gasteiger charge is -2.21. The number of benzene rings is 1. The maximum Gasteiger partial charge on any atom is 0.124 e. The van der Waals surface area contributed by atoms with Crippen molar-refractivity contribution in [2.24, 2.45) is 0 Å². The number of imidazole rings is 1. The smallest absolute Gasteiger partial charge is 0.124 e. The van der Waals surface area contributed by atoms with E-state index in [0.29, 0.717) is 6.04 Å². The van der Waals surface area contributed by atoms with Crippen molar-refractivity contribution in [3.8, 4) is 0 Å². The fourth-order valence-electron chi connectivity index (χ4n) is 2.64. The van der Waals surface area contributed by atoms with Crippen LogP contribution in [0.2, 0.25) is 0 Å². The van der Waals surface area contributed by atoms with Crippen LogP contribution in [0.25, 0.3) is 11.0 Å². The van der Waals surface area contributed by atoms with Crippen LogP contribution in [0, 0.1) is 6.92 Å². The van der Waals surface area contributed by atoms with Crippen LogP contribution in [0.1, 0.15) is 37.2 Å². The molecule has 3 rings (SSSR count). The molecule has 1 unspecified atom stereocenters. The summed E-state index contributed by atoms with van der Waals surface area (Å²) < 4.78 is 0. The molecule has 2 aromatic rings. The molecular formula is C14H19N3. The fraction of sp³-hybridized carbons (Fsp3) is 0.500. The van der Waals surface area contributed by atoms with Crippen LogP contribution in [-0.4, -0.2) is 28.0 Å². The van der Waals surface area contributed by atoms with E-state index in [1.165, 1.54) is 31.5 Å². The SMILES string of the molecule is Cc1ccc2nc(C(C)N3CCCC3)[nH]c2c1. The summed E-state index contributed by atoms with van der Waals surface area (Å²) in [6.07, 6.45) is 2.65. The van der Waals surface area contributed by atoms with Gasteiger partial charge in [0, 0.05) is 0 Å². The first-order valence-electron chi connectivity index (χ1n) is 6.44. The van der Waals surface area contributed by atoms with Crippen molar-refractivity contribution in [3.63, 3.8) is 0 Å². The van der Waals surface area contributed by atoms with Gasteiger partial charge < -0.3 is 4.98 Å². The second-order valence-electron chi connectivity index (χ2n) is 5.06. The van der Waals surface area contributed by atoms with E-state index in [1.807, 2.05) is 0 Å². The molecule has 0 amide bonds. The summed E-state index contributed by atoms with van der Waals surface area (Å²) in [4.78, 5) is 10.7. The van der Waals surface area contributed by atoms with Crippen LogP contribution >= 0.6 is 0 Å². The second kappa shape index (κ2) is 4.15. The Bertz CT molecular complexity index is 523. The van der Waals surface area contributed by atoms with Gasteiger partial charge in [0.25, 0.3) is 0 Å². The number of H-pyrrole nitrogens is 1. The van der Waals surface area contributed by atoms with Gasteiger partial charge in [-0.15, -0.1) is 0 Å². The maximum atomic E-state index is 4.70. The number of likely N-dealkylation sites (tertiary alicyclic amines) is 1. The Hall–Kier alpha value is -1.35. The molecule has 1 aliphatic heterocycles. The van der Waals surface area contributed by atoms with E-state index in [1.54, 1.807) is 0 Å². The molecule has 0 radical (unpaired) electrons. The van der Waals surface area contributed by atoms with Gasteiger partial charge in [0.15, 0.2) is 0 Å². The number of aryl methyl sites for hydroxylation is 1. The molecule has 2 heterocycles. The van der Waals surface area contributed by atoms with Crippen LogP contribution in [0.4, 0.5) is 0 Å². The van der Waals surface area contributed by atoms with Crippen molar-refractivity contribution in [2.45, 2.75) is 32.7 Å². The zero-order chi connectivity index (χ0) is 11.8. The summed E-state index contributed by atoms with van der Waals surface area (Å²) in [7, 11) is 0. The van der Waals surface area contributed by atoms with E-state index in [-0.39, 0.29) is 0 Å². The third-order valence-electron chi connectivity index (χ3n) is 3.74. The van der Waals surface area contributed by atoms with E-state index in [9.17, 15) is 0 Å². The van der Waals surface area contributed by atoms with Crippen molar-refractivity contribution in [1.29, 1.82) is 0 Å². The summed E-state index contributed by atoms with van der Waals surface area (Å²) in [6, 6.07) is 6.79. The molecule has 1 saturated heterocycles. The van der Waals surface area contributed by atoms with Crippen LogP contribution in [0.15, 0.2) is 18.2 Å². The van der Waals surface area contributed by atoms with Crippen LogP contribution in [0.5, 0.6) is 0 Å². The van der Waals surface area contributed by atoms with Gasteiger partial charge in [-0.05, 0) is 57.5 Å². The predicted molar refractivity (Wildman–Crippen MR) is 70.1 cm³/mol. The Kier molecular flexibility index (Phi) is 2.63. The van der Waals surface area contributed by atoms with Crippen LogP contribution in [-0.2, 0) is 0 Å². The highest BCUT2D eigenvalue weighted by Gasteiger charge is 2.21. The van der Waals surface area contributed by atoms with Gasteiger partial charge in [0.1, 0.15) is 5.82 Å². The van der Waals surface area contributed by atoms with E-state index < -0.39 is 0 Å². The summed E-state index contributed by atoms with van der Waals surface area (Å²) >= 11 is 0. The molecule has 0 aliphatic carbocycles. The molecule has 1 N–H and O–H groups in total. The predicted octanol–water partition coefficient (Wildman–Crippen LogP) is 3.03. The van der Waals surface area contributed by atoms with Gasteiger partial charge in [0.05, 0.1) is 17.1 Å². The minimum atomic E-state index is 0.408. The van der Waals surface area contributed by atoms with Gasteiger partial charge >= 0.3 is 0 Å². The number of fused-ring (bicyclic) bond motifs is 1. The van der Waals surface area contributed by atoms with Crippen molar-refractivity contribution in [3.05, 3.63) is 29.6 Å². The molecule has 1 aromatic carbocycles. The molecule has 0 spiro atoms. The summed E-state index contributed by atoms with van der Waals surface area (Å²) in [5, 5.41) is 0. The molecule has 1 aliphatic rings. The normalized spacial score (nSPS) is 18.9. The standard InChI is InChI=1S/C14H19N3/c1-10-5-6-12-13(9-10)16-14(15-12)11(2)17-7-3-4-8-17/h5-6,9,11H,3-4,7-8H2,1-2H3,(H,15,16). The molecule has 17 heavy (non-hydrogen) atoms. The Morgan fingerprint density at radius 3 is 2.82 bits per heavy atom. The van der Waals surface area contributed by atoms with Gasteiger partial charge in [0.2, 0.25) is 0 Å². The van der Waals surface area contributed by atoms with E-state index in [2.05, 4.69) is 41.9 Å². The van der Waals surface area contributed by atoms with E-state index >= 15 is 0 Å². The van der Waals surface area contributed by atoms with Gasteiger partial charge in [-0.25, -0.2) is 4.98 Å². The number of aromatic nitrogens is 2. The quantitative estimate of drug-likeness (QED) is 0.858. The molecule has 0 saturated carbocycles. The van der Waals surface area contributed by atoms with Crippen molar-refractivity contribution in [1.82, 2.24) is 14.9 Å². The first kappa shape index (κ1) is 10.8. The average Bonchev–Trinajstić information content (AvgIpc) is 2.96. The lowest BCUT2D eigenvalue weighted by molar-refractivity contribution is 0.255. The third-order valence-corrected chi connectivity index (χ3v) is 3.74. The Morgan fingerprint density at radius 2 is 2.06 bits per heavy atom. The number of hydrogen-bond donors (Lipinski definition) is 1. The lowest BCUT2D eigenvalue weighted by Crippen LogP contribution is -2.24. The molecular weight excluding hydrogens is 210 g/mol. The highest BCUT2D eigenvalue weighted by molar-refractivity contribution is 5.75. The van der Waals surface area contributed by atoms with E-state index in [0.717, 1.165) is 16.9 Å². The highest BCUT2D eigenvalue weighted by Crippen LogP contribution is 2.24. The monoisotopic (exact) mass is 229 g/mol. The van der Waals surface area contributed by atoms with Crippen molar-refractivity contribution < 1.29 is 0 Å². The zero-order valence-electron chi connectivity index (χ0n) is 10.5. The van der Waals surface area contributed by atoms with Gasteiger partial charge in [-0.2, -0.15) is 0 Å². The van der Waals surface area contributed by atoms with Crippen molar-refractivity contribution in [2.75, 3.05) is 13.1 Å². The van der Waals surface area contributed by atoms with Gasteiger partial charge in [-0.3, -0.25) is 4.90 Å². The zero-order valence-corrected chi connectivity index (χ0v) is 10.5. The molecule has 1 aromatic heterocycles. The summed E-state index contributed by atoms with van der Waals surface area (Å²) in [6.45, 7) is 6.77. The number of nitrogens with one attached hydrogen (secondary N) is 1. The first-order valence-corrected chi connectivity index (χ1v) is 6.44. The second-order valence-corrected chi connectivity index (χ2v) is 5.06. The van der Waals surface area contributed by atoms with E-state index in [4.69, 9.17) is 4.98 Å². The van der Waals surface area contributed by atoms with Crippen LogP contribution in [0.3, 0.4) is 0 Å². The molecule has 90 valence electrons. The Labute approximate surface area is 102 Å². The highest BCUT2D eigenvalue weighted by atomic mass is 15.2. The topological polar surface area (TPSA) is 31.9 Å². The van der Waals surface area contributed by atoms with Crippen molar-refractivity contribution >= 4 is 11.0 Å². The summed E-state index contributed by atoms with van der Waals surface area (Å²) in [5.41, 5.74) is 3.52. The third kappa shape index (κ3) is 1.95. The molecule has 1 fully saturated rings. The minimum Gasteiger partial charge on any atom is -0.341 e. The maximum absolute atomic E-state index is 4.70. The largest absolute Gasteiger partial charge is 0.341 e. The summed E-state index contributed by atoms with van der Waals surface area (Å²) in [5.74, 6) is 1.10. The average molecular weight is 229 g/mol. The molecule has 3 heteroatoms. The van der Waals surface area contributed by atoms with Gasteiger partial charge in [-0.1, -0.05) is 6.07 Å². The molecule has 0 bridgehead atoms. The number of rotatable bonds is 2. The minimum absolute atomic E-state index is 0.408. The molecule has 3 nitrogen and oxygen atoms in total. The number of aromatic amines is 1. The fourth-order valence-corrected chi connectivity index (χ4v) is 2.64.